The number of carbonyl (C=O) groups excluding carboxylic acids is 1. The third-order valence-electron chi connectivity index (χ3n) is 5.51. The highest BCUT2D eigenvalue weighted by Gasteiger charge is 2.33. The van der Waals surface area contributed by atoms with Crippen molar-refractivity contribution in [3.63, 3.8) is 0 Å². The second-order valence-electron chi connectivity index (χ2n) is 7.27. The molecule has 29 heavy (non-hydrogen) atoms. The normalized spacial score (nSPS) is 15.2. The molecule has 0 radical (unpaired) electrons. The topological polar surface area (TPSA) is 53.2 Å². The van der Waals surface area contributed by atoms with Crippen molar-refractivity contribution in [2.24, 2.45) is 0 Å². The van der Waals surface area contributed by atoms with E-state index in [1.54, 1.807) is 11.3 Å². The average molecular weight is 400 g/mol. The van der Waals surface area contributed by atoms with Crippen LogP contribution in [-0.2, 0) is 0 Å². The van der Waals surface area contributed by atoms with Crippen LogP contribution in [0.25, 0.3) is 10.1 Å². The van der Waals surface area contributed by atoms with E-state index in [2.05, 4.69) is 70.7 Å². The zero-order chi connectivity index (χ0) is 20.0. The lowest BCUT2D eigenvalue weighted by molar-refractivity contribution is 0.0961. The van der Waals surface area contributed by atoms with Crippen molar-refractivity contribution in [3.05, 3.63) is 88.3 Å². The maximum Gasteiger partial charge on any atom is 0.254 e. The molecule has 1 aliphatic rings. The predicted octanol–water partition coefficient (Wildman–Crippen LogP) is 5.83. The Morgan fingerprint density at radius 2 is 1.76 bits per heavy atom. The number of nitrogens with one attached hydrogen (secondary N) is 3. The van der Waals surface area contributed by atoms with Crippen molar-refractivity contribution in [1.29, 1.82) is 0 Å². The van der Waals surface area contributed by atoms with Gasteiger partial charge in [0.15, 0.2) is 0 Å². The van der Waals surface area contributed by atoms with Gasteiger partial charge in [0, 0.05) is 33.9 Å². The molecule has 1 aliphatic heterocycles. The first-order valence-electron chi connectivity index (χ1n) is 9.61. The molecular formula is C24H21N3OS. The second-order valence-corrected chi connectivity index (χ2v) is 8.18. The van der Waals surface area contributed by atoms with Crippen LogP contribution >= 0.6 is 11.3 Å². The molecule has 0 fully saturated rings. The Kier molecular flexibility index (Phi) is 4.25. The minimum Gasteiger partial charge on any atom is -0.387 e. The number of fused-ring (bicyclic) bond motifs is 2. The molecule has 0 saturated heterocycles. The van der Waals surface area contributed by atoms with Crippen LogP contribution in [0.4, 0.5) is 17.1 Å². The van der Waals surface area contributed by atoms with Gasteiger partial charge < -0.3 is 16.0 Å². The Morgan fingerprint density at radius 3 is 2.59 bits per heavy atom. The van der Waals surface area contributed by atoms with Crippen LogP contribution < -0.4 is 16.0 Å². The molecule has 4 aromatic rings. The fourth-order valence-electron chi connectivity index (χ4n) is 4.08. The zero-order valence-electron chi connectivity index (χ0n) is 16.2. The van der Waals surface area contributed by atoms with Crippen LogP contribution in [0.3, 0.4) is 0 Å². The molecule has 3 N–H and O–H groups in total. The summed E-state index contributed by atoms with van der Waals surface area (Å²) in [5, 5.41) is 13.3. The first-order valence-corrected chi connectivity index (χ1v) is 10.5. The van der Waals surface area contributed by atoms with Crippen LogP contribution in [0.2, 0.25) is 0 Å². The molecule has 0 spiro atoms. The Balaban J connectivity index is 1.61. The highest BCUT2D eigenvalue weighted by molar-refractivity contribution is 7.17. The van der Waals surface area contributed by atoms with Gasteiger partial charge in [-0.05, 0) is 41.8 Å². The molecule has 4 nitrogen and oxygen atoms in total. The van der Waals surface area contributed by atoms with Crippen LogP contribution in [0.15, 0.2) is 66.0 Å². The summed E-state index contributed by atoms with van der Waals surface area (Å²) in [7, 11) is 1.85. The number of hydrogen-bond donors (Lipinski definition) is 3. The van der Waals surface area contributed by atoms with Crippen LogP contribution in [0, 0.1) is 6.92 Å². The Hall–Kier alpha value is -3.31. The minimum atomic E-state index is -0.147. The van der Waals surface area contributed by atoms with Gasteiger partial charge in [-0.3, -0.25) is 4.79 Å². The fraction of sp³-hybridized carbons (Fsp3) is 0.125. The highest BCUT2D eigenvalue weighted by atomic mass is 32.1. The summed E-state index contributed by atoms with van der Waals surface area (Å²) in [6.45, 7) is 2.08. The monoisotopic (exact) mass is 399 g/mol. The molecular weight excluding hydrogens is 378 g/mol. The fourth-order valence-corrected chi connectivity index (χ4v) is 4.97. The van der Waals surface area contributed by atoms with Crippen molar-refractivity contribution in [1.82, 2.24) is 5.32 Å². The van der Waals surface area contributed by atoms with Crippen LogP contribution in [0.1, 0.15) is 33.1 Å². The van der Waals surface area contributed by atoms with Gasteiger partial charge in [0.25, 0.3) is 5.91 Å². The van der Waals surface area contributed by atoms with Gasteiger partial charge in [0.1, 0.15) is 0 Å². The maximum atomic E-state index is 12.8. The van der Waals surface area contributed by atoms with E-state index in [1.165, 1.54) is 15.6 Å². The summed E-state index contributed by atoms with van der Waals surface area (Å²) in [6.07, 6.45) is 0. The molecule has 0 bridgehead atoms. The summed E-state index contributed by atoms with van der Waals surface area (Å²) in [5.41, 5.74) is 6.89. The third-order valence-corrected chi connectivity index (χ3v) is 6.47. The smallest absolute Gasteiger partial charge is 0.254 e. The van der Waals surface area contributed by atoms with Gasteiger partial charge in [-0.1, -0.05) is 42.5 Å². The quantitative estimate of drug-likeness (QED) is 0.405. The molecule has 1 unspecified atom stereocenters. The molecule has 1 aromatic heterocycles. The zero-order valence-corrected chi connectivity index (χ0v) is 17.1. The van der Waals surface area contributed by atoms with E-state index in [0.29, 0.717) is 0 Å². The number of amides is 1. The molecule has 0 aliphatic carbocycles. The minimum absolute atomic E-state index is 0.0369. The SMILES string of the molecule is CNc1cc(Nc2csc3ccccc23)cc2c1C(=O)NC2c1ccccc1C. The maximum absolute atomic E-state index is 12.8. The molecule has 1 amide bonds. The van der Waals surface area contributed by atoms with E-state index in [-0.39, 0.29) is 11.9 Å². The summed E-state index contributed by atoms with van der Waals surface area (Å²) in [4.78, 5) is 12.8. The number of rotatable bonds is 4. The lowest BCUT2D eigenvalue weighted by atomic mass is 9.94. The number of carbonyl (C=O) groups is 1. The van der Waals surface area contributed by atoms with E-state index in [1.807, 2.05) is 25.2 Å². The third kappa shape index (κ3) is 2.95. The van der Waals surface area contributed by atoms with Crippen LogP contribution in [-0.4, -0.2) is 13.0 Å². The highest BCUT2D eigenvalue weighted by Crippen LogP contribution is 2.40. The van der Waals surface area contributed by atoms with E-state index in [4.69, 9.17) is 0 Å². The van der Waals surface area contributed by atoms with Crippen molar-refractivity contribution in [2.45, 2.75) is 13.0 Å². The van der Waals surface area contributed by atoms with E-state index < -0.39 is 0 Å². The molecule has 5 rings (SSSR count). The summed E-state index contributed by atoms with van der Waals surface area (Å²) in [5.74, 6) is -0.0369. The average Bonchev–Trinajstić information content (AvgIpc) is 3.29. The lowest BCUT2D eigenvalue weighted by Gasteiger charge is -2.17. The Bertz CT molecular complexity index is 1240. The standard InChI is InChI=1S/C24H21N3OS/c1-14-7-3-4-8-16(14)23-18-11-15(12-19(25-2)22(18)24(28)27-23)26-20-13-29-21-10-6-5-9-17(20)21/h3-13,23,25-26H,1-2H3,(H,27,28). The van der Waals surface area contributed by atoms with Gasteiger partial charge in [0.2, 0.25) is 0 Å². The predicted molar refractivity (Wildman–Crippen MR) is 122 cm³/mol. The summed E-state index contributed by atoms with van der Waals surface area (Å²) >= 11 is 1.72. The lowest BCUT2D eigenvalue weighted by Crippen LogP contribution is -2.20. The molecule has 0 saturated carbocycles. The molecule has 3 aromatic carbocycles. The molecule has 2 heterocycles. The first-order chi connectivity index (χ1) is 14.2. The number of aryl methyl sites for hydroxylation is 1. The van der Waals surface area contributed by atoms with E-state index in [0.717, 1.165) is 33.8 Å². The van der Waals surface area contributed by atoms with Gasteiger partial charge in [0.05, 0.1) is 17.3 Å². The van der Waals surface area contributed by atoms with E-state index in [9.17, 15) is 4.79 Å². The van der Waals surface area contributed by atoms with Crippen molar-refractivity contribution < 1.29 is 4.79 Å². The Labute approximate surface area is 173 Å². The Morgan fingerprint density at radius 1 is 0.966 bits per heavy atom. The summed E-state index contributed by atoms with van der Waals surface area (Å²) in [6, 6.07) is 20.5. The largest absolute Gasteiger partial charge is 0.387 e. The first kappa shape index (κ1) is 17.8. The molecule has 144 valence electrons. The number of thiophene rings is 1. The van der Waals surface area contributed by atoms with E-state index >= 15 is 0 Å². The second kappa shape index (κ2) is 6.94. The van der Waals surface area contributed by atoms with Gasteiger partial charge >= 0.3 is 0 Å². The van der Waals surface area contributed by atoms with Gasteiger partial charge in [-0.25, -0.2) is 0 Å². The van der Waals surface area contributed by atoms with Crippen molar-refractivity contribution in [2.75, 3.05) is 17.7 Å². The van der Waals surface area contributed by atoms with Crippen molar-refractivity contribution >= 4 is 44.4 Å². The van der Waals surface area contributed by atoms with Crippen LogP contribution in [0.5, 0.6) is 0 Å². The van der Waals surface area contributed by atoms with Crippen molar-refractivity contribution in [3.8, 4) is 0 Å². The van der Waals surface area contributed by atoms with Gasteiger partial charge in [-0.2, -0.15) is 0 Å². The number of anilines is 3. The number of benzene rings is 3. The molecule has 1 atom stereocenters. The number of hydrogen-bond acceptors (Lipinski definition) is 4. The van der Waals surface area contributed by atoms with Gasteiger partial charge in [-0.15, -0.1) is 11.3 Å². The summed E-state index contributed by atoms with van der Waals surface area (Å²) < 4.78 is 1.25. The molecule has 5 heteroatoms.